The highest BCUT2D eigenvalue weighted by molar-refractivity contribution is 5.62. The van der Waals surface area contributed by atoms with Crippen molar-refractivity contribution in [2.45, 2.75) is 44.3 Å². The molecule has 1 aromatic heterocycles. The number of hydrogen-bond donors (Lipinski definition) is 2. The van der Waals surface area contributed by atoms with Crippen LogP contribution in [0.5, 0.6) is 0 Å². The summed E-state index contributed by atoms with van der Waals surface area (Å²) in [6, 6.07) is 10.6. The van der Waals surface area contributed by atoms with Crippen LogP contribution in [0.25, 0.3) is 11.3 Å². The molecule has 3 N–H and O–H groups in total. The van der Waals surface area contributed by atoms with Crippen LogP contribution >= 0.6 is 0 Å². The minimum atomic E-state index is 0.113. The summed E-state index contributed by atoms with van der Waals surface area (Å²) < 4.78 is 5.19. The molecule has 2 unspecified atom stereocenters. The molecule has 3 rings (SSSR count). The van der Waals surface area contributed by atoms with Gasteiger partial charge in [-0.1, -0.05) is 48.3 Å². The molecule has 1 fully saturated rings. The molecule has 0 radical (unpaired) electrons. The molecule has 1 aliphatic heterocycles. The number of benzene rings is 1. The van der Waals surface area contributed by atoms with Gasteiger partial charge in [-0.3, -0.25) is 5.32 Å². The van der Waals surface area contributed by atoms with Crippen molar-refractivity contribution in [3.8, 4) is 11.3 Å². The van der Waals surface area contributed by atoms with E-state index in [9.17, 15) is 0 Å². The fraction of sp³-hybridized carbons (Fsp3) is 0.438. The van der Waals surface area contributed by atoms with Crippen molar-refractivity contribution >= 4 is 0 Å². The largest absolute Gasteiger partial charge is 0.364 e. The maximum atomic E-state index is 6.05. The van der Waals surface area contributed by atoms with Crippen molar-refractivity contribution < 1.29 is 4.52 Å². The Bertz CT molecular complexity index is 538. The number of nitrogens with one attached hydrogen (secondary N) is 1. The number of nitrogens with zero attached hydrogens (tertiary/aromatic N) is 1. The normalized spacial score (nSPS) is 23.4. The van der Waals surface area contributed by atoms with Crippen molar-refractivity contribution in [2.24, 2.45) is 5.73 Å². The Hall–Kier alpha value is -1.65. The van der Waals surface area contributed by atoms with E-state index in [0.29, 0.717) is 6.04 Å². The highest BCUT2D eigenvalue weighted by atomic mass is 16.5. The highest BCUT2D eigenvalue weighted by Gasteiger charge is 2.20. The lowest BCUT2D eigenvalue weighted by atomic mass is 9.99. The lowest BCUT2D eigenvalue weighted by Crippen LogP contribution is -2.43. The Morgan fingerprint density at radius 2 is 2.00 bits per heavy atom. The molecule has 20 heavy (non-hydrogen) atoms. The van der Waals surface area contributed by atoms with Gasteiger partial charge in [-0.15, -0.1) is 0 Å². The van der Waals surface area contributed by atoms with Gasteiger partial charge < -0.3 is 10.3 Å². The summed E-state index contributed by atoms with van der Waals surface area (Å²) in [6.07, 6.45) is 7.46. The molecule has 0 spiro atoms. The van der Waals surface area contributed by atoms with Crippen molar-refractivity contribution in [3.05, 3.63) is 42.2 Å². The highest BCUT2D eigenvalue weighted by Crippen LogP contribution is 2.24. The third-order valence-corrected chi connectivity index (χ3v) is 3.92. The van der Waals surface area contributed by atoms with E-state index in [2.05, 4.69) is 22.6 Å². The molecule has 1 saturated heterocycles. The van der Waals surface area contributed by atoms with E-state index >= 15 is 0 Å². The fourth-order valence-corrected chi connectivity index (χ4v) is 2.89. The van der Waals surface area contributed by atoms with Gasteiger partial charge in [0.1, 0.15) is 12.0 Å². The average molecular weight is 271 g/mol. The quantitative estimate of drug-likeness (QED) is 0.901. The van der Waals surface area contributed by atoms with Crippen LogP contribution in [-0.2, 0) is 6.42 Å². The second-order valence-electron chi connectivity index (χ2n) is 5.51. The summed E-state index contributed by atoms with van der Waals surface area (Å²) in [4.78, 5) is 0. The van der Waals surface area contributed by atoms with Gasteiger partial charge in [0, 0.05) is 17.2 Å². The van der Waals surface area contributed by atoms with Gasteiger partial charge in [-0.05, 0) is 19.3 Å². The summed E-state index contributed by atoms with van der Waals surface area (Å²) in [7, 11) is 0. The molecule has 0 amide bonds. The van der Waals surface area contributed by atoms with Crippen LogP contribution < -0.4 is 11.1 Å². The first kappa shape index (κ1) is 13.3. The van der Waals surface area contributed by atoms with Gasteiger partial charge in [0.05, 0.1) is 6.17 Å². The zero-order valence-corrected chi connectivity index (χ0v) is 11.6. The molecule has 4 heteroatoms. The summed E-state index contributed by atoms with van der Waals surface area (Å²) in [6.45, 7) is 0. The summed E-state index contributed by atoms with van der Waals surface area (Å²) in [5.41, 5.74) is 9.26. The minimum Gasteiger partial charge on any atom is -0.364 e. The van der Waals surface area contributed by atoms with Crippen molar-refractivity contribution in [2.75, 3.05) is 0 Å². The number of aromatic nitrogens is 1. The van der Waals surface area contributed by atoms with Gasteiger partial charge in [0.25, 0.3) is 0 Å². The summed E-state index contributed by atoms with van der Waals surface area (Å²) >= 11 is 0. The van der Waals surface area contributed by atoms with E-state index in [4.69, 9.17) is 10.3 Å². The first-order valence-corrected chi connectivity index (χ1v) is 7.33. The lowest BCUT2D eigenvalue weighted by molar-refractivity contribution is 0.415. The molecule has 2 atom stereocenters. The van der Waals surface area contributed by atoms with Crippen LogP contribution in [0.2, 0.25) is 0 Å². The van der Waals surface area contributed by atoms with E-state index in [1.165, 1.54) is 12.8 Å². The molecule has 1 aromatic carbocycles. The van der Waals surface area contributed by atoms with E-state index in [1.807, 2.05) is 18.2 Å². The predicted octanol–water partition coefficient (Wildman–Crippen LogP) is 2.70. The number of nitrogens with two attached hydrogens (primary N) is 1. The van der Waals surface area contributed by atoms with Crippen molar-refractivity contribution in [1.82, 2.24) is 10.5 Å². The predicted molar refractivity (Wildman–Crippen MR) is 79.0 cm³/mol. The average Bonchev–Trinajstić information content (AvgIpc) is 2.82. The lowest BCUT2D eigenvalue weighted by Gasteiger charge is -2.19. The first-order valence-electron chi connectivity index (χ1n) is 7.33. The molecular formula is C16H21N3O. The second kappa shape index (κ2) is 6.20. The minimum absolute atomic E-state index is 0.113. The van der Waals surface area contributed by atoms with Gasteiger partial charge in [0.2, 0.25) is 0 Å². The van der Waals surface area contributed by atoms with Crippen LogP contribution in [-0.4, -0.2) is 17.4 Å². The van der Waals surface area contributed by atoms with Gasteiger partial charge >= 0.3 is 0 Å². The summed E-state index contributed by atoms with van der Waals surface area (Å²) in [5.74, 6) is 0. The number of hydrogen-bond acceptors (Lipinski definition) is 4. The maximum Gasteiger partial charge on any atom is 0.127 e. The maximum absolute atomic E-state index is 6.05. The van der Waals surface area contributed by atoms with Crippen LogP contribution in [0.15, 0.2) is 41.1 Å². The van der Waals surface area contributed by atoms with Crippen LogP contribution in [0.1, 0.15) is 31.2 Å². The van der Waals surface area contributed by atoms with E-state index in [0.717, 1.165) is 36.1 Å². The second-order valence-corrected chi connectivity index (χ2v) is 5.51. The molecule has 1 aliphatic rings. The fourth-order valence-electron chi connectivity index (χ4n) is 2.89. The Labute approximate surface area is 119 Å². The van der Waals surface area contributed by atoms with E-state index in [1.54, 1.807) is 6.26 Å². The standard InChI is InChI=1S/C16H21N3O/c17-15-9-5-4-8-14(18-15)10-13-11-20-19-16(13)12-6-2-1-3-7-12/h1-3,6-7,11,14-15,18H,4-5,8-10,17H2. The van der Waals surface area contributed by atoms with Gasteiger partial charge in [0.15, 0.2) is 0 Å². The Balaban J connectivity index is 1.76. The van der Waals surface area contributed by atoms with Crippen molar-refractivity contribution in [3.63, 3.8) is 0 Å². The molecular weight excluding hydrogens is 250 g/mol. The van der Waals surface area contributed by atoms with Crippen molar-refractivity contribution in [1.29, 1.82) is 0 Å². The Morgan fingerprint density at radius 1 is 1.20 bits per heavy atom. The topological polar surface area (TPSA) is 64.1 Å². The molecule has 0 aliphatic carbocycles. The molecule has 4 nitrogen and oxygen atoms in total. The summed E-state index contributed by atoms with van der Waals surface area (Å²) in [5, 5.41) is 7.66. The molecule has 2 heterocycles. The molecule has 2 aromatic rings. The first-order chi connectivity index (χ1) is 9.83. The van der Waals surface area contributed by atoms with E-state index < -0.39 is 0 Å². The van der Waals surface area contributed by atoms with Crippen LogP contribution in [0.4, 0.5) is 0 Å². The smallest absolute Gasteiger partial charge is 0.127 e. The number of rotatable bonds is 3. The molecule has 0 saturated carbocycles. The van der Waals surface area contributed by atoms with Gasteiger partial charge in [-0.2, -0.15) is 0 Å². The SMILES string of the molecule is NC1CCCCC(Cc2conc2-c2ccccc2)N1. The third-order valence-electron chi connectivity index (χ3n) is 3.92. The van der Waals surface area contributed by atoms with Gasteiger partial charge in [-0.25, -0.2) is 0 Å². The zero-order chi connectivity index (χ0) is 13.8. The van der Waals surface area contributed by atoms with Crippen LogP contribution in [0, 0.1) is 0 Å². The monoisotopic (exact) mass is 271 g/mol. The zero-order valence-electron chi connectivity index (χ0n) is 11.6. The molecule has 106 valence electrons. The Kier molecular flexibility index (Phi) is 4.14. The van der Waals surface area contributed by atoms with Crippen LogP contribution in [0.3, 0.4) is 0 Å². The van der Waals surface area contributed by atoms with E-state index in [-0.39, 0.29) is 6.17 Å². The Morgan fingerprint density at radius 3 is 2.85 bits per heavy atom. The third kappa shape index (κ3) is 3.08. The molecule has 0 bridgehead atoms.